The number of hydrogen-bond donors (Lipinski definition) is 0. The molecule has 2 aromatic heterocycles. The van der Waals surface area contributed by atoms with Crippen molar-refractivity contribution in [1.82, 2.24) is 21.4 Å². The van der Waals surface area contributed by atoms with Crippen molar-refractivity contribution in [2.45, 2.75) is 131 Å². The van der Waals surface area contributed by atoms with Crippen LogP contribution in [0.4, 0.5) is 61.5 Å². The van der Waals surface area contributed by atoms with E-state index < -0.39 is 69.5 Å². The van der Waals surface area contributed by atoms with Gasteiger partial charge in [0.05, 0.1) is 13.1 Å². The molecule has 3 heterocycles. The Morgan fingerprint density at radius 1 is 0.529 bits per heavy atom. The van der Waals surface area contributed by atoms with Gasteiger partial charge < -0.3 is 18.3 Å². The average molecular weight is 872 g/mol. The van der Waals surface area contributed by atoms with Crippen molar-refractivity contribution in [3.63, 3.8) is 0 Å². The lowest BCUT2D eigenvalue weighted by Gasteiger charge is -2.29. The lowest BCUT2D eigenvalue weighted by molar-refractivity contribution is -0.357. The van der Waals surface area contributed by atoms with Crippen LogP contribution in [-0.2, 0) is 26.2 Å². The van der Waals surface area contributed by atoms with Gasteiger partial charge in [-0.3, -0.25) is 0 Å². The van der Waals surface area contributed by atoms with Crippen LogP contribution in [0.3, 0.4) is 0 Å². The van der Waals surface area contributed by atoms with Gasteiger partial charge in [-0.2, -0.15) is 61.5 Å². The molecule has 51 heavy (non-hydrogen) atoms. The molecule has 1 aliphatic heterocycles. The van der Waals surface area contributed by atoms with E-state index in [1.165, 1.54) is 19.2 Å². The molecule has 0 amide bonds. The molecule has 0 unspecified atom stereocenters. The van der Waals surface area contributed by atoms with Crippen molar-refractivity contribution < 1.29 is 61.5 Å². The highest BCUT2D eigenvalue weighted by molar-refractivity contribution is 8.27. The number of hydrogen-bond acceptors (Lipinski definition) is 7. The zero-order valence-electron chi connectivity index (χ0n) is 27.5. The van der Waals surface area contributed by atoms with Gasteiger partial charge in [-0.1, -0.05) is 48.5 Å². The van der Waals surface area contributed by atoms with Crippen LogP contribution in [0.25, 0.3) is 0 Å². The highest BCUT2D eigenvalue weighted by Crippen LogP contribution is 2.56. The quantitative estimate of drug-likeness (QED) is 0.0906. The summed E-state index contributed by atoms with van der Waals surface area (Å²) < 4.78 is 197. The second-order valence-corrected chi connectivity index (χ2v) is 19.2. The van der Waals surface area contributed by atoms with Crippen molar-refractivity contribution in [2.24, 2.45) is 10.8 Å². The molecule has 0 spiro atoms. The number of aromatic nitrogens is 4. The van der Waals surface area contributed by atoms with Gasteiger partial charge in [-0.15, -0.1) is 14.9 Å². The second kappa shape index (κ2) is 14.4. The first-order chi connectivity index (χ1) is 22.6. The zero-order valence-corrected chi connectivity index (χ0v) is 32.4. The number of halogens is 14. The van der Waals surface area contributed by atoms with Gasteiger partial charge in [0.2, 0.25) is 0 Å². The van der Waals surface area contributed by atoms with Crippen LogP contribution in [-0.4, -0.2) is 63.2 Å². The molecule has 25 heteroatoms. The molecule has 1 aliphatic rings. The van der Waals surface area contributed by atoms with Crippen LogP contribution in [0.5, 0.6) is 0 Å². The van der Waals surface area contributed by atoms with E-state index in [0.29, 0.717) is 33.0 Å². The summed E-state index contributed by atoms with van der Waals surface area (Å²) in [4.78, 5) is 0. The van der Waals surface area contributed by atoms with Crippen LogP contribution in [0.15, 0.2) is 20.1 Å². The van der Waals surface area contributed by atoms with E-state index in [0.717, 1.165) is 23.7 Å². The first-order valence-electron chi connectivity index (χ1n) is 14.4. The topological polar surface area (TPSA) is 23.0 Å². The maximum atomic E-state index is 14.8. The molecule has 0 aliphatic carbocycles. The predicted octanol–water partition coefficient (Wildman–Crippen LogP) is 12.3. The molecule has 0 radical (unpaired) electrons. The van der Waals surface area contributed by atoms with Crippen LogP contribution >= 0.6 is 72.0 Å². The minimum absolute atomic E-state index is 0.0232. The highest BCUT2D eigenvalue weighted by atomic mass is 32.3. The highest BCUT2D eigenvalue weighted by Gasteiger charge is 2.74. The van der Waals surface area contributed by atoms with Crippen molar-refractivity contribution in [2.75, 3.05) is 5.75 Å². The number of imidazole rings is 2. The fourth-order valence-electron chi connectivity index (χ4n) is 4.43. The molecule has 0 N–H and O–H groups in total. The first-order valence-corrected chi connectivity index (χ1v) is 18.5. The maximum Gasteiger partial charge on any atom is 0.459 e. The Kier molecular flexibility index (Phi) is 12.6. The summed E-state index contributed by atoms with van der Waals surface area (Å²) in [6, 6.07) is 0. The number of fused-ring (bicyclic) bond motifs is 1. The molecule has 294 valence electrons. The van der Waals surface area contributed by atoms with Crippen LogP contribution in [0.1, 0.15) is 48.5 Å². The van der Waals surface area contributed by atoms with Crippen molar-refractivity contribution in [3.05, 3.63) is 9.54 Å². The fourth-order valence-corrected chi connectivity index (χ4v) is 10.1. The SMILES string of the molecule is CCSc1c(SN2Sc3c(n(CC(F)(F)C(F)(F)C(F)(F)F)c(=S)n3CC(C)(C)C)S2)n(CC(C)(C)C)c(=S)n1CC(F)(F)C(F)(F)C(F)(F)F. The summed E-state index contributed by atoms with van der Waals surface area (Å²) in [5.41, 5.74) is -1.33. The largest absolute Gasteiger partial charge is 0.459 e. The van der Waals surface area contributed by atoms with E-state index >= 15 is 0 Å². The fraction of sp³-hybridized carbons (Fsp3) is 0.769. The summed E-state index contributed by atoms with van der Waals surface area (Å²) in [5.74, 6) is -24.2. The van der Waals surface area contributed by atoms with Crippen LogP contribution in [0.2, 0.25) is 0 Å². The van der Waals surface area contributed by atoms with Gasteiger partial charge in [0.25, 0.3) is 0 Å². The van der Waals surface area contributed by atoms with E-state index in [1.807, 2.05) is 0 Å². The molecule has 5 nitrogen and oxygen atoms in total. The summed E-state index contributed by atoms with van der Waals surface area (Å²) in [5, 5.41) is -0.474. The standard InChI is InChI=1S/C26H31F14N5S6/c1-8-48-13-14(41(9-19(2,3)4)17(46)43(13)11-21(27,28)23(31,32)25(35,36)37)49-45-50-15-16(51-45)44(18(47)42(15)10-20(5,6)7)12-22(29,30)24(33,34)26(38,39)40/h8-12H2,1-7H3. The Bertz CT molecular complexity index is 1710. The zero-order chi connectivity index (χ0) is 39.7. The van der Waals surface area contributed by atoms with Gasteiger partial charge >= 0.3 is 36.0 Å². The van der Waals surface area contributed by atoms with Crippen LogP contribution in [0, 0.1) is 20.4 Å². The van der Waals surface area contributed by atoms with Crippen molar-refractivity contribution >= 4 is 72.0 Å². The van der Waals surface area contributed by atoms with Gasteiger partial charge in [0.15, 0.2) is 9.54 Å². The van der Waals surface area contributed by atoms with Gasteiger partial charge in [-0.25, -0.2) is 0 Å². The Morgan fingerprint density at radius 3 is 1.24 bits per heavy atom. The normalized spacial score (nSPS) is 16.0. The van der Waals surface area contributed by atoms with Gasteiger partial charge in [0.1, 0.15) is 20.1 Å². The third-order valence-corrected chi connectivity index (χ3v) is 12.3. The second-order valence-electron chi connectivity index (χ2n) is 13.7. The average Bonchev–Trinajstić information content (AvgIpc) is 3.49. The van der Waals surface area contributed by atoms with Gasteiger partial charge in [0, 0.05) is 48.9 Å². The van der Waals surface area contributed by atoms with E-state index in [1.54, 1.807) is 41.5 Å². The molecule has 0 atom stereocenters. The Balaban J connectivity index is 2.19. The predicted molar refractivity (Wildman–Crippen MR) is 173 cm³/mol. The Hall–Kier alpha value is -0.760. The van der Waals surface area contributed by atoms with E-state index in [-0.39, 0.29) is 38.9 Å². The summed E-state index contributed by atoms with van der Waals surface area (Å²) >= 11 is 13.4. The lowest BCUT2D eigenvalue weighted by atomic mass is 9.97. The molecule has 0 saturated heterocycles. The Morgan fingerprint density at radius 2 is 0.863 bits per heavy atom. The molecule has 2 aromatic rings. The molecule has 0 aromatic carbocycles. The molecule has 0 bridgehead atoms. The lowest BCUT2D eigenvalue weighted by Crippen LogP contribution is -2.54. The minimum Gasteiger partial charge on any atom is -0.309 e. The van der Waals surface area contributed by atoms with E-state index in [4.69, 9.17) is 24.4 Å². The number of nitrogens with zero attached hydrogens (tertiary/aromatic N) is 5. The monoisotopic (exact) mass is 871 g/mol. The van der Waals surface area contributed by atoms with Gasteiger partial charge in [-0.05, 0) is 41.0 Å². The van der Waals surface area contributed by atoms with E-state index in [2.05, 4.69) is 0 Å². The molecular formula is C26H31F14N5S6. The number of thioether (sulfide) groups is 1. The Labute approximate surface area is 310 Å². The smallest absolute Gasteiger partial charge is 0.309 e. The van der Waals surface area contributed by atoms with Crippen molar-refractivity contribution in [1.29, 1.82) is 0 Å². The summed E-state index contributed by atoms with van der Waals surface area (Å²) in [6.07, 6.45) is -13.2. The molecular weight excluding hydrogens is 841 g/mol. The summed E-state index contributed by atoms with van der Waals surface area (Å²) in [7, 11) is 0. The van der Waals surface area contributed by atoms with E-state index in [9.17, 15) is 61.5 Å². The third kappa shape index (κ3) is 9.04. The van der Waals surface area contributed by atoms with Crippen molar-refractivity contribution in [3.8, 4) is 0 Å². The first kappa shape index (κ1) is 44.6. The number of alkyl halides is 14. The maximum absolute atomic E-state index is 14.8. The molecule has 0 saturated carbocycles. The minimum atomic E-state index is -6.61. The number of rotatable bonds is 12. The molecule has 0 fully saturated rings. The third-order valence-electron chi connectivity index (χ3n) is 6.64. The summed E-state index contributed by atoms with van der Waals surface area (Å²) in [6.45, 7) is 7.26. The molecule has 3 rings (SSSR count). The van der Waals surface area contributed by atoms with Crippen LogP contribution < -0.4 is 0 Å².